The largest absolute Gasteiger partial charge is 0.0984 e. The summed E-state index contributed by atoms with van der Waals surface area (Å²) in [6, 6.07) is 31.8. The van der Waals surface area contributed by atoms with E-state index >= 15 is 0 Å². The first-order valence-corrected chi connectivity index (χ1v) is 16.1. The number of rotatable bonds is 6. The van der Waals surface area contributed by atoms with Gasteiger partial charge in [-0.2, -0.15) is 0 Å². The molecule has 0 fully saturated rings. The van der Waals surface area contributed by atoms with E-state index in [4.69, 9.17) is 0 Å². The zero-order valence-electron chi connectivity index (χ0n) is 25.6. The second kappa shape index (κ2) is 10.5. The van der Waals surface area contributed by atoms with Crippen LogP contribution < -0.4 is 0 Å². The lowest BCUT2D eigenvalue weighted by molar-refractivity contribution is 0.728. The molecule has 0 spiro atoms. The minimum Gasteiger partial charge on any atom is -0.0984 e. The molecule has 0 N–H and O–H groups in total. The summed E-state index contributed by atoms with van der Waals surface area (Å²) < 4.78 is 0. The fourth-order valence-electron chi connectivity index (χ4n) is 8.76. The third-order valence-electron chi connectivity index (χ3n) is 10.5. The van der Waals surface area contributed by atoms with Crippen molar-refractivity contribution in [3.63, 3.8) is 0 Å². The van der Waals surface area contributed by atoms with Crippen LogP contribution in [0.4, 0.5) is 0 Å². The second-order valence-corrected chi connectivity index (χ2v) is 12.7. The lowest BCUT2D eigenvalue weighted by Crippen LogP contribution is -2.29. The van der Waals surface area contributed by atoms with Crippen LogP contribution >= 0.6 is 0 Å². The van der Waals surface area contributed by atoms with Crippen molar-refractivity contribution in [2.45, 2.75) is 44.4 Å². The van der Waals surface area contributed by atoms with Crippen LogP contribution in [0.5, 0.6) is 0 Å². The second-order valence-electron chi connectivity index (χ2n) is 12.7. The molecule has 214 valence electrons. The van der Waals surface area contributed by atoms with Crippen LogP contribution in [-0.4, -0.2) is 0 Å². The highest BCUT2D eigenvalue weighted by molar-refractivity contribution is 5.94. The van der Waals surface area contributed by atoms with E-state index in [-0.39, 0.29) is 0 Å². The van der Waals surface area contributed by atoms with Gasteiger partial charge in [0, 0.05) is 5.92 Å². The number of aryl methyl sites for hydroxylation is 1. The minimum atomic E-state index is -0.439. The van der Waals surface area contributed by atoms with Gasteiger partial charge in [-0.25, -0.2) is 0 Å². The molecule has 0 nitrogen and oxygen atoms in total. The normalized spacial score (nSPS) is 17.8. The molecule has 0 amide bonds. The maximum Gasteiger partial charge on any atom is 0.0713 e. The smallest absolute Gasteiger partial charge is 0.0713 e. The predicted octanol–water partition coefficient (Wildman–Crippen LogP) is 11.1. The van der Waals surface area contributed by atoms with Gasteiger partial charge < -0.3 is 0 Å². The van der Waals surface area contributed by atoms with Gasteiger partial charge in [0.05, 0.1) is 5.41 Å². The van der Waals surface area contributed by atoms with Crippen LogP contribution in [0, 0.1) is 12.8 Å². The van der Waals surface area contributed by atoms with E-state index in [0.29, 0.717) is 5.92 Å². The SMILES string of the molecule is C=Cc1c(CC2C3=C(CCC=C3)C3=C2C=CCC3)cc2c(c1C=C)-c1ccc(C)cc1C2(c1ccccc1)c1ccccc1. The van der Waals surface area contributed by atoms with Gasteiger partial charge >= 0.3 is 0 Å². The average molecular weight is 567 g/mol. The zero-order valence-corrected chi connectivity index (χ0v) is 25.6. The Bertz CT molecular complexity index is 1880. The Kier molecular flexibility index (Phi) is 6.42. The lowest BCUT2D eigenvalue weighted by atomic mass is 9.66. The van der Waals surface area contributed by atoms with Gasteiger partial charge in [0.1, 0.15) is 0 Å². The van der Waals surface area contributed by atoms with Gasteiger partial charge in [-0.15, -0.1) is 0 Å². The third kappa shape index (κ3) is 3.77. The fourth-order valence-corrected chi connectivity index (χ4v) is 8.76. The molecule has 0 saturated carbocycles. The molecule has 0 unspecified atom stereocenters. The standard InChI is InChI=1S/C44H38/c1-4-33-30(27-40-37-22-14-12-20-35(37)36-21-13-15-23-38(36)40)28-42-43(34(33)5-2)39-25-24-29(3)26-41(39)44(42,31-16-8-6-9-17-31)32-18-10-7-11-19-32/h4-11,14-19,22-26,28,40H,1-2,12-13,20-21,27H2,3H3. The van der Waals surface area contributed by atoms with Crippen LogP contribution in [0.2, 0.25) is 0 Å². The molecule has 0 atom stereocenters. The van der Waals surface area contributed by atoms with Crippen LogP contribution in [-0.2, 0) is 11.8 Å². The monoisotopic (exact) mass is 566 g/mol. The summed E-state index contributed by atoms with van der Waals surface area (Å²) in [6.07, 6.45) is 19.4. The van der Waals surface area contributed by atoms with Gasteiger partial charge in [-0.1, -0.05) is 140 Å². The van der Waals surface area contributed by atoms with Crippen molar-refractivity contribution in [2.75, 3.05) is 0 Å². The summed E-state index contributed by atoms with van der Waals surface area (Å²) in [7, 11) is 0. The predicted molar refractivity (Wildman–Crippen MR) is 187 cm³/mol. The summed E-state index contributed by atoms with van der Waals surface area (Å²) >= 11 is 0. The van der Waals surface area contributed by atoms with E-state index in [2.05, 4.69) is 141 Å². The summed E-state index contributed by atoms with van der Waals surface area (Å²) in [4.78, 5) is 0. The first kappa shape index (κ1) is 26.9. The molecule has 4 aliphatic rings. The van der Waals surface area contributed by atoms with Crippen LogP contribution in [0.1, 0.15) is 70.2 Å². The molecule has 0 bridgehead atoms. The molecule has 0 heterocycles. The van der Waals surface area contributed by atoms with Crippen molar-refractivity contribution in [2.24, 2.45) is 5.92 Å². The number of benzene rings is 4. The Labute approximate surface area is 262 Å². The highest BCUT2D eigenvalue weighted by Crippen LogP contribution is 2.59. The van der Waals surface area contributed by atoms with Gasteiger partial charge in [0.2, 0.25) is 0 Å². The number of fused-ring (bicyclic) bond motifs is 4. The summed E-state index contributed by atoms with van der Waals surface area (Å²) in [5.41, 5.74) is 18.8. The molecule has 0 aromatic heterocycles. The zero-order chi connectivity index (χ0) is 29.8. The van der Waals surface area contributed by atoms with E-state index in [1.54, 1.807) is 22.3 Å². The van der Waals surface area contributed by atoms with E-state index in [9.17, 15) is 0 Å². The maximum atomic E-state index is 4.42. The average Bonchev–Trinajstić information content (AvgIpc) is 3.55. The molecular formula is C44H38. The van der Waals surface area contributed by atoms with E-state index < -0.39 is 5.41 Å². The number of allylic oxidation sites excluding steroid dienone is 8. The summed E-state index contributed by atoms with van der Waals surface area (Å²) in [6.45, 7) is 11.0. The van der Waals surface area contributed by atoms with Crippen molar-refractivity contribution in [3.8, 4) is 11.1 Å². The summed E-state index contributed by atoms with van der Waals surface area (Å²) in [5.74, 6) is 0.372. The number of hydrogen-bond donors (Lipinski definition) is 0. The van der Waals surface area contributed by atoms with E-state index in [0.717, 1.165) is 19.3 Å². The van der Waals surface area contributed by atoms with Crippen LogP contribution in [0.25, 0.3) is 23.3 Å². The topological polar surface area (TPSA) is 0 Å². The van der Waals surface area contributed by atoms with Crippen molar-refractivity contribution < 1.29 is 0 Å². The van der Waals surface area contributed by atoms with Gasteiger partial charge in [-0.3, -0.25) is 0 Å². The Hall–Kier alpha value is -4.68. The first-order valence-electron chi connectivity index (χ1n) is 16.1. The Balaban J connectivity index is 1.43. The van der Waals surface area contributed by atoms with Crippen LogP contribution in [0.15, 0.2) is 145 Å². The Morgan fingerprint density at radius 3 is 1.86 bits per heavy atom. The van der Waals surface area contributed by atoms with Crippen molar-refractivity contribution >= 4 is 12.2 Å². The minimum absolute atomic E-state index is 0.372. The highest BCUT2D eigenvalue weighted by atomic mass is 14.5. The molecule has 4 aromatic rings. The van der Waals surface area contributed by atoms with Crippen molar-refractivity contribution in [1.82, 2.24) is 0 Å². The van der Waals surface area contributed by atoms with Gasteiger partial charge in [-0.05, 0) is 111 Å². The molecule has 4 aromatic carbocycles. The lowest BCUT2D eigenvalue weighted by Gasteiger charge is -2.35. The Morgan fingerprint density at radius 1 is 0.705 bits per heavy atom. The third-order valence-corrected chi connectivity index (χ3v) is 10.5. The van der Waals surface area contributed by atoms with E-state index in [1.807, 2.05) is 0 Å². The molecule has 44 heavy (non-hydrogen) atoms. The van der Waals surface area contributed by atoms with Crippen LogP contribution in [0.3, 0.4) is 0 Å². The molecule has 0 heteroatoms. The molecule has 8 rings (SSSR count). The molecule has 0 saturated heterocycles. The Morgan fingerprint density at radius 2 is 1.30 bits per heavy atom. The quantitative estimate of drug-likeness (QED) is 0.192. The maximum absolute atomic E-state index is 4.42. The van der Waals surface area contributed by atoms with Crippen molar-refractivity contribution in [3.05, 3.63) is 189 Å². The number of hydrogen-bond acceptors (Lipinski definition) is 0. The molecule has 4 aliphatic carbocycles. The van der Waals surface area contributed by atoms with Crippen molar-refractivity contribution in [1.29, 1.82) is 0 Å². The fraction of sp³-hybridized carbons (Fsp3) is 0.182. The first-order chi connectivity index (χ1) is 21.7. The summed E-state index contributed by atoms with van der Waals surface area (Å²) in [5, 5.41) is 0. The van der Waals surface area contributed by atoms with Gasteiger partial charge in [0.25, 0.3) is 0 Å². The molecular weight excluding hydrogens is 528 g/mol. The molecule has 0 aliphatic heterocycles. The van der Waals surface area contributed by atoms with E-state index in [1.165, 1.54) is 68.5 Å². The molecule has 0 radical (unpaired) electrons. The van der Waals surface area contributed by atoms with Gasteiger partial charge in [0.15, 0.2) is 0 Å². The highest BCUT2D eigenvalue weighted by Gasteiger charge is 2.47.